The highest BCUT2D eigenvalue weighted by Gasteiger charge is 2.46. The highest BCUT2D eigenvalue weighted by Crippen LogP contribution is 2.45. The Kier molecular flexibility index (Phi) is 3.56. The molecule has 1 saturated heterocycles. The van der Waals surface area contributed by atoms with E-state index < -0.39 is 0 Å². The van der Waals surface area contributed by atoms with Gasteiger partial charge in [-0.3, -0.25) is 4.79 Å². The summed E-state index contributed by atoms with van der Waals surface area (Å²) in [5.74, 6) is 1.34. The molecule has 0 radical (unpaired) electrons. The highest BCUT2D eigenvalue weighted by atomic mass is 16.2. The predicted octanol–water partition coefficient (Wildman–Crippen LogP) is 3.22. The lowest BCUT2D eigenvalue weighted by Gasteiger charge is -2.26. The number of amides is 1. The molecule has 2 rings (SSSR count). The van der Waals surface area contributed by atoms with Crippen LogP contribution in [0.4, 0.5) is 0 Å². The number of rotatable bonds is 2. The van der Waals surface area contributed by atoms with E-state index in [1.807, 2.05) is 0 Å². The first-order chi connectivity index (χ1) is 7.72. The summed E-state index contributed by atoms with van der Waals surface area (Å²) in [7, 11) is 0. The van der Waals surface area contributed by atoms with Gasteiger partial charge in [-0.05, 0) is 38.5 Å². The molecular weight excluding hydrogens is 198 g/mol. The van der Waals surface area contributed by atoms with Crippen molar-refractivity contribution in [1.82, 2.24) is 4.90 Å². The Labute approximate surface area is 99.4 Å². The van der Waals surface area contributed by atoms with Crippen LogP contribution in [0.1, 0.15) is 58.8 Å². The fourth-order valence-electron chi connectivity index (χ4n) is 3.55. The topological polar surface area (TPSA) is 20.3 Å². The number of hydrogen-bond acceptors (Lipinski definition) is 1. The van der Waals surface area contributed by atoms with Crippen molar-refractivity contribution in [2.45, 2.75) is 58.8 Å². The third kappa shape index (κ3) is 1.99. The molecule has 2 unspecified atom stereocenters. The Hall–Kier alpha value is -0.530. The van der Waals surface area contributed by atoms with Crippen LogP contribution in [0.5, 0.6) is 0 Å². The molecule has 1 heterocycles. The number of carbonyl (C=O) groups is 1. The van der Waals surface area contributed by atoms with Crippen LogP contribution in [-0.2, 0) is 4.79 Å². The zero-order chi connectivity index (χ0) is 11.6. The third-order valence-corrected chi connectivity index (χ3v) is 4.86. The zero-order valence-corrected chi connectivity index (χ0v) is 10.8. The number of hydrogen-bond donors (Lipinski definition) is 0. The van der Waals surface area contributed by atoms with Crippen LogP contribution in [0.15, 0.2) is 0 Å². The van der Waals surface area contributed by atoms with Crippen LogP contribution < -0.4 is 0 Å². The second-order valence-electron chi connectivity index (χ2n) is 5.62. The minimum Gasteiger partial charge on any atom is -0.342 e. The fourth-order valence-corrected chi connectivity index (χ4v) is 3.55. The molecule has 2 nitrogen and oxygen atoms in total. The number of carbonyl (C=O) groups excluding carboxylic acids is 1. The zero-order valence-electron chi connectivity index (χ0n) is 10.8. The Morgan fingerprint density at radius 3 is 2.69 bits per heavy atom. The van der Waals surface area contributed by atoms with Crippen molar-refractivity contribution in [3.05, 3.63) is 0 Å². The Morgan fingerprint density at radius 1 is 1.25 bits per heavy atom. The molecule has 1 aliphatic heterocycles. The van der Waals surface area contributed by atoms with Gasteiger partial charge in [0.2, 0.25) is 5.91 Å². The van der Waals surface area contributed by atoms with Gasteiger partial charge in [0.05, 0.1) is 5.41 Å². The second-order valence-corrected chi connectivity index (χ2v) is 5.62. The first-order valence-corrected chi connectivity index (χ1v) is 7.01. The fraction of sp³-hybridized carbons (Fsp3) is 0.929. The molecule has 2 atom stereocenters. The summed E-state index contributed by atoms with van der Waals surface area (Å²) in [5, 5.41) is 0. The van der Waals surface area contributed by atoms with Gasteiger partial charge in [-0.2, -0.15) is 0 Å². The van der Waals surface area contributed by atoms with Gasteiger partial charge in [0.25, 0.3) is 0 Å². The molecule has 0 aromatic carbocycles. The van der Waals surface area contributed by atoms with Gasteiger partial charge in [-0.1, -0.05) is 26.2 Å². The maximum atomic E-state index is 12.4. The van der Waals surface area contributed by atoms with Gasteiger partial charge in [-0.25, -0.2) is 0 Å². The summed E-state index contributed by atoms with van der Waals surface area (Å²) in [6.07, 6.45) is 8.61. The van der Waals surface area contributed by atoms with Crippen molar-refractivity contribution in [2.75, 3.05) is 13.1 Å². The standard InChI is InChI=1S/C14H25NO/c1-3-12-6-5-8-14(9-7-12)10-11-15(4-2)13(14)16/h12H,3-11H2,1-2H3. The van der Waals surface area contributed by atoms with E-state index in [0.717, 1.165) is 38.3 Å². The van der Waals surface area contributed by atoms with Crippen LogP contribution in [0, 0.1) is 11.3 Å². The predicted molar refractivity (Wildman–Crippen MR) is 66.2 cm³/mol. The molecule has 2 aliphatic rings. The lowest BCUT2D eigenvalue weighted by atomic mass is 9.78. The van der Waals surface area contributed by atoms with Crippen LogP contribution in [0.25, 0.3) is 0 Å². The van der Waals surface area contributed by atoms with Crippen molar-refractivity contribution in [2.24, 2.45) is 11.3 Å². The Morgan fingerprint density at radius 2 is 2.06 bits per heavy atom. The first kappa shape index (κ1) is 11.9. The van der Waals surface area contributed by atoms with E-state index in [2.05, 4.69) is 18.7 Å². The van der Waals surface area contributed by atoms with Crippen molar-refractivity contribution >= 4 is 5.91 Å². The van der Waals surface area contributed by atoms with Crippen LogP contribution in [0.2, 0.25) is 0 Å². The van der Waals surface area contributed by atoms with E-state index in [1.165, 1.54) is 25.7 Å². The normalized spacial score (nSPS) is 35.8. The minimum absolute atomic E-state index is 0.0555. The molecule has 16 heavy (non-hydrogen) atoms. The van der Waals surface area contributed by atoms with Crippen molar-refractivity contribution < 1.29 is 4.79 Å². The van der Waals surface area contributed by atoms with E-state index in [9.17, 15) is 4.79 Å². The van der Waals surface area contributed by atoms with Gasteiger partial charge in [0.1, 0.15) is 0 Å². The van der Waals surface area contributed by atoms with E-state index in [0.29, 0.717) is 5.91 Å². The summed E-state index contributed by atoms with van der Waals surface area (Å²) in [5.41, 5.74) is 0.0555. The maximum absolute atomic E-state index is 12.4. The van der Waals surface area contributed by atoms with Gasteiger partial charge in [0, 0.05) is 13.1 Å². The average Bonchev–Trinajstić information content (AvgIpc) is 2.51. The summed E-state index contributed by atoms with van der Waals surface area (Å²) in [6, 6.07) is 0. The lowest BCUT2D eigenvalue weighted by Crippen LogP contribution is -2.34. The molecule has 0 N–H and O–H groups in total. The van der Waals surface area contributed by atoms with Crippen LogP contribution >= 0.6 is 0 Å². The molecule has 2 fully saturated rings. The largest absolute Gasteiger partial charge is 0.342 e. The molecule has 92 valence electrons. The molecule has 2 heteroatoms. The maximum Gasteiger partial charge on any atom is 0.228 e. The van der Waals surface area contributed by atoms with E-state index in [-0.39, 0.29) is 5.41 Å². The Bertz CT molecular complexity index is 263. The second kappa shape index (κ2) is 4.77. The van der Waals surface area contributed by atoms with Crippen LogP contribution in [0.3, 0.4) is 0 Å². The smallest absolute Gasteiger partial charge is 0.228 e. The van der Waals surface area contributed by atoms with Gasteiger partial charge >= 0.3 is 0 Å². The molecule has 0 aromatic rings. The lowest BCUT2D eigenvalue weighted by molar-refractivity contribution is -0.136. The molecule has 1 aliphatic carbocycles. The van der Waals surface area contributed by atoms with Gasteiger partial charge in [0.15, 0.2) is 0 Å². The van der Waals surface area contributed by atoms with Crippen molar-refractivity contribution in [1.29, 1.82) is 0 Å². The third-order valence-electron chi connectivity index (χ3n) is 4.86. The molecule has 0 bridgehead atoms. The van der Waals surface area contributed by atoms with E-state index in [4.69, 9.17) is 0 Å². The van der Waals surface area contributed by atoms with Crippen LogP contribution in [-0.4, -0.2) is 23.9 Å². The minimum atomic E-state index is 0.0555. The van der Waals surface area contributed by atoms with E-state index >= 15 is 0 Å². The molecule has 0 aromatic heterocycles. The summed E-state index contributed by atoms with van der Waals surface area (Å²) in [4.78, 5) is 14.4. The average molecular weight is 223 g/mol. The number of nitrogens with zero attached hydrogens (tertiary/aromatic N) is 1. The SMILES string of the molecule is CCC1CCCC2(CC1)CCN(CC)C2=O. The monoisotopic (exact) mass is 223 g/mol. The summed E-state index contributed by atoms with van der Waals surface area (Å²) in [6.45, 7) is 6.30. The van der Waals surface area contributed by atoms with E-state index in [1.54, 1.807) is 0 Å². The Balaban J connectivity index is 2.06. The summed E-state index contributed by atoms with van der Waals surface area (Å²) >= 11 is 0. The molecule has 1 amide bonds. The quantitative estimate of drug-likeness (QED) is 0.704. The molecule has 1 spiro atoms. The number of likely N-dealkylation sites (tertiary alicyclic amines) is 1. The highest BCUT2D eigenvalue weighted by molar-refractivity contribution is 5.84. The first-order valence-electron chi connectivity index (χ1n) is 7.01. The molecule has 1 saturated carbocycles. The van der Waals surface area contributed by atoms with Crippen molar-refractivity contribution in [3.63, 3.8) is 0 Å². The summed E-state index contributed by atoms with van der Waals surface area (Å²) < 4.78 is 0. The van der Waals surface area contributed by atoms with Crippen molar-refractivity contribution in [3.8, 4) is 0 Å². The molecular formula is C14H25NO. The van der Waals surface area contributed by atoms with Gasteiger partial charge in [-0.15, -0.1) is 0 Å². The van der Waals surface area contributed by atoms with Gasteiger partial charge < -0.3 is 4.90 Å².